The molecular formula is C26H34Cl3NO8. The fourth-order valence-electron chi connectivity index (χ4n) is 5.01. The smallest absolute Gasteiger partial charge is 0.338 e. The van der Waals surface area contributed by atoms with E-state index in [9.17, 15) is 4.79 Å². The lowest BCUT2D eigenvalue weighted by atomic mass is 9.85. The third kappa shape index (κ3) is 6.75. The fourth-order valence-corrected chi connectivity index (χ4v) is 5.15. The molecule has 3 aliphatic rings. The summed E-state index contributed by atoms with van der Waals surface area (Å²) < 4.78 is 40.1. The van der Waals surface area contributed by atoms with Crippen molar-refractivity contribution in [2.24, 2.45) is 17.8 Å². The Morgan fingerprint density at radius 3 is 2.37 bits per heavy atom. The van der Waals surface area contributed by atoms with Gasteiger partial charge in [-0.1, -0.05) is 73.8 Å². The average Bonchev–Trinajstić information content (AvgIpc) is 3.19. The summed E-state index contributed by atoms with van der Waals surface area (Å²) in [6.07, 6.45) is -3.52. The zero-order valence-electron chi connectivity index (χ0n) is 21.9. The Bertz CT molecular complexity index is 990. The van der Waals surface area contributed by atoms with Crippen LogP contribution in [0.2, 0.25) is 0 Å². The number of benzene rings is 1. The van der Waals surface area contributed by atoms with Crippen molar-refractivity contribution in [3.63, 3.8) is 0 Å². The van der Waals surface area contributed by atoms with Crippen LogP contribution in [0.3, 0.4) is 0 Å². The van der Waals surface area contributed by atoms with E-state index in [-0.39, 0.29) is 24.5 Å². The second-order valence-corrected chi connectivity index (χ2v) is 12.8. The molecule has 4 rings (SSSR count). The highest BCUT2D eigenvalue weighted by molar-refractivity contribution is 6.76. The summed E-state index contributed by atoms with van der Waals surface area (Å²) >= 11 is 17.6. The van der Waals surface area contributed by atoms with Gasteiger partial charge in [0, 0.05) is 17.8 Å². The molecule has 212 valence electrons. The van der Waals surface area contributed by atoms with E-state index in [1.807, 2.05) is 40.7 Å². The molecule has 0 bridgehead atoms. The first-order chi connectivity index (χ1) is 17.8. The molecule has 0 aliphatic carbocycles. The summed E-state index contributed by atoms with van der Waals surface area (Å²) in [6.45, 7) is 9.90. The first-order valence-corrected chi connectivity index (χ1v) is 13.7. The molecule has 0 saturated carbocycles. The molecule has 0 amide bonds. The second kappa shape index (κ2) is 11.7. The molecule has 1 aromatic carbocycles. The fraction of sp³-hybridized carbons (Fsp3) is 0.692. The van der Waals surface area contributed by atoms with Crippen molar-refractivity contribution in [2.75, 3.05) is 13.2 Å². The molecule has 3 heterocycles. The van der Waals surface area contributed by atoms with Gasteiger partial charge in [-0.15, -0.1) is 0 Å². The molecular weight excluding hydrogens is 561 g/mol. The largest absolute Gasteiger partial charge is 0.459 e. The first-order valence-electron chi connectivity index (χ1n) is 12.6. The van der Waals surface area contributed by atoms with Gasteiger partial charge >= 0.3 is 5.97 Å². The number of carbonyl (C=O) groups excluding carboxylic acids is 1. The molecule has 3 aliphatic heterocycles. The molecule has 3 unspecified atom stereocenters. The van der Waals surface area contributed by atoms with Crippen LogP contribution >= 0.6 is 34.8 Å². The number of hydrogen-bond donors (Lipinski definition) is 1. The van der Waals surface area contributed by atoms with Crippen LogP contribution in [0, 0.1) is 23.2 Å². The van der Waals surface area contributed by atoms with E-state index in [0.29, 0.717) is 12.2 Å². The maximum Gasteiger partial charge on any atom is 0.338 e. The van der Waals surface area contributed by atoms with Crippen LogP contribution in [0.4, 0.5) is 0 Å². The van der Waals surface area contributed by atoms with Crippen LogP contribution in [0.15, 0.2) is 30.3 Å². The Labute approximate surface area is 237 Å². The van der Waals surface area contributed by atoms with Crippen LogP contribution in [-0.4, -0.2) is 71.7 Å². The van der Waals surface area contributed by atoms with Gasteiger partial charge in [-0.2, -0.15) is 0 Å². The molecule has 9 atom stereocenters. The van der Waals surface area contributed by atoms with Gasteiger partial charge in [0.2, 0.25) is 12.2 Å². The van der Waals surface area contributed by atoms with Crippen LogP contribution in [0.5, 0.6) is 0 Å². The number of nitrogens with one attached hydrogen (secondary N) is 1. The van der Waals surface area contributed by atoms with Gasteiger partial charge in [-0.3, -0.25) is 5.41 Å². The van der Waals surface area contributed by atoms with E-state index < -0.39 is 58.3 Å². The van der Waals surface area contributed by atoms with Gasteiger partial charge in [0.1, 0.15) is 18.8 Å². The van der Waals surface area contributed by atoms with E-state index >= 15 is 0 Å². The lowest BCUT2D eigenvalue weighted by molar-refractivity contribution is -0.309. The summed E-state index contributed by atoms with van der Waals surface area (Å²) in [7, 11) is 0. The van der Waals surface area contributed by atoms with E-state index in [1.165, 1.54) is 0 Å². The number of alkyl halides is 3. The van der Waals surface area contributed by atoms with Gasteiger partial charge in [-0.05, 0) is 26.0 Å². The topological polar surface area (TPSA) is 106 Å². The van der Waals surface area contributed by atoms with Crippen molar-refractivity contribution in [3.8, 4) is 0 Å². The summed E-state index contributed by atoms with van der Waals surface area (Å²) in [6, 6.07) is 8.65. The maximum atomic E-state index is 12.6. The Hall–Kier alpha value is -1.17. The monoisotopic (exact) mass is 593 g/mol. The highest BCUT2D eigenvalue weighted by Crippen LogP contribution is 2.41. The molecule has 0 aromatic heterocycles. The normalized spacial score (nSPS) is 36.8. The van der Waals surface area contributed by atoms with Gasteiger partial charge in [-0.25, -0.2) is 4.79 Å². The van der Waals surface area contributed by atoms with Crippen molar-refractivity contribution < 1.29 is 38.0 Å². The maximum absolute atomic E-state index is 12.6. The summed E-state index contributed by atoms with van der Waals surface area (Å²) in [5, 5.41) is 8.06. The van der Waals surface area contributed by atoms with Gasteiger partial charge in [0.05, 0.1) is 24.4 Å². The molecule has 1 aromatic rings. The molecule has 38 heavy (non-hydrogen) atoms. The molecule has 12 heteroatoms. The van der Waals surface area contributed by atoms with E-state index in [0.717, 1.165) is 0 Å². The molecule has 3 saturated heterocycles. The van der Waals surface area contributed by atoms with Crippen LogP contribution < -0.4 is 0 Å². The Balaban J connectivity index is 1.52. The molecule has 9 nitrogen and oxygen atoms in total. The predicted molar refractivity (Wildman–Crippen MR) is 140 cm³/mol. The Kier molecular flexibility index (Phi) is 9.21. The standard InChI is InChI=1S/C26H34Cl3NO8/c1-13-11-33-23(20-18(13)37-25(4,5)38-20)35-19-14(2)17(12-32-21(31)16-9-7-6-8-10-16)34-22(15(19)3)36-24(30)26(27,28)29/h6-10,13-15,17-20,22-23,30H,11-12H2,1-5H3/t13-,14-,15?,17?,18+,19+,20?,22-,23-/m1/s1. The number of fused-ring (bicyclic) bond motifs is 1. The van der Waals surface area contributed by atoms with E-state index in [4.69, 9.17) is 73.4 Å². The third-order valence-corrected chi connectivity index (χ3v) is 7.56. The number of carbonyl (C=O) groups is 1. The van der Waals surface area contributed by atoms with Crippen LogP contribution in [0.25, 0.3) is 0 Å². The molecule has 1 N–H and O–H groups in total. The summed E-state index contributed by atoms with van der Waals surface area (Å²) in [5.41, 5.74) is 0.416. The quantitative estimate of drug-likeness (QED) is 0.210. The van der Waals surface area contributed by atoms with Gasteiger partial charge in [0.25, 0.3) is 3.79 Å². The van der Waals surface area contributed by atoms with Crippen molar-refractivity contribution >= 4 is 46.7 Å². The van der Waals surface area contributed by atoms with Crippen molar-refractivity contribution in [1.82, 2.24) is 0 Å². The number of hydrogen-bond acceptors (Lipinski definition) is 9. The average molecular weight is 595 g/mol. The number of ether oxygens (including phenoxy) is 7. The van der Waals surface area contributed by atoms with Crippen molar-refractivity contribution in [2.45, 2.75) is 81.2 Å². The lowest BCUT2D eigenvalue weighted by Crippen LogP contribution is -2.57. The van der Waals surface area contributed by atoms with Crippen LogP contribution in [0.1, 0.15) is 45.0 Å². The van der Waals surface area contributed by atoms with Crippen molar-refractivity contribution in [1.29, 1.82) is 5.41 Å². The minimum absolute atomic E-state index is 0.0797. The van der Waals surface area contributed by atoms with E-state index in [1.54, 1.807) is 24.3 Å². The second-order valence-electron chi connectivity index (χ2n) is 10.5. The predicted octanol–water partition coefficient (Wildman–Crippen LogP) is 5.10. The first kappa shape index (κ1) is 29.8. The SMILES string of the molecule is CC1[C@@H](OC(=N)C(Cl)(Cl)Cl)OC(COC(=O)c2ccccc2)[C@@H](C)[C@@H]1O[C@H]1OC[C@@H](C)[C@@H]2OC(C)(C)OC12. The molecule has 0 spiro atoms. The number of esters is 1. The summed E-state index contributed by atoms with van der Waals surface area (Å²) in [5.74, 6) is -2.43. The highest BCUT2D eigenvalue weighted by atomic mass is 35.6. The minimum Gasteiger partial charge on any atom is -0.459 e. The van der Waals surface area contributed by atoms with Crippen LogP contribution in [-0.2, 0) is 33.2 Å². The zero-order valence-corrected chi connectivity index (χ0v) is 24.2. The summed E-state index contributed by atoms with van der Waals surface area (Å²) in [4.78, 5) is 12.6. The zero-order chi connectivity index (χ0) is 27.8. The molecule has 0 radical (unpaired) electrons. The Morgan fingerprint density at radius 2 is 1.71 bits per heavy atom. The van der Waals surface area contributed by atoms with E-state index in [2.05, 4.69) is 0 Å². The minimum atomic E-state index is -2.08. The number of halogens is 3. The van der Waals surface area contributed by atoms with Gasteiger partial charge < -0.3 is 33.2 Å². The van der Waals surface area contributed by atoms with Gasteiger partial charge in [0.15, 0.2) is 12.1 Å². The lowest BCUT2D eigenvalue weighted by Gasteiger charge is -2.46. The third-order valence-electron chi connectivity index (χ3n) is 7.05. The Morgan fingerprint density at radius 1 is 1.05 bits per heavy atom. The number of rotatable bonds is 6. The molecule has 3 fully saturated rings. The highest BCUT2D eigenvalue weighted by Gasteiger charge is 2.54. The van der Waals surface area contributed by atoms with Crippen molar-refractivity contribution in [3.05, 3.63) is 35.9 Å².